The third-order valence-electron chi connectivity index (χ3n) is 2.93. The zero-order valence-electron chi connectivity index (χ0n) is 10.7. The van der Waals surface area contributed by atoms with Gasteiger partial charge in [0, 0.05) is 13.1 Å². The summed E-state index contributed by atoms with van der Waals surface area (Å²) in [5, 5.41) is 10.9. The van der Waals surface area contributed by atoms with Crippen LogP contribution in [0.5, 0.6) is 0 Å². The summed E-state index contributed by atoms with van der Waals surface area (Å²) < 4.78 is 13.5. The van der Waals surface area contributed by atoms with Crippen molar-refractivity contribution in [3.8, 4) is 0 Å². The van der Waals surface area contributed by atoms with Crippen LogP contribution in [-0.2, 0) is 0 Å². The topological polar surface area (TPSA) is 46.4 Å². The van der Waals surface area contributed by atoms with Gasteiger partial charge in [0.2, 0.25) is 5.82 Å². The Hall–Kier alpha value is -1.30. The van der Waals surface area contributed by atoms with Crippen LogP contribution in [0.25, 0.3) is 0 Å². The van der Waals surface area contributed by atoms with Crippen molar-refractivity contribution >= 4 is 23.1 Å². The first-order valence-electron chi connectivity index (χ1n) is 5.63. The van der Waals surface area contributed by atoms with E-state index in [2.05, 4.69) is 0 Å². The van der Waals surface area contributed by atoms with Crippen LogP contribution in [0.15, 0.2) is 18.2 Å². The number of nitro benzene ring substituents is 1. The molecule has 18 heavy (non-hydrogen) atoms. The summed E-state index contributed by atoms with van der Waals surface area (Å²) in [6.45, 7) is 1.98. The SMILES string of the molecule is CSCCC(C)N(C)c1cccc(F)c1[N+](=O)[O-]. The summed E-state index contributed by atoms with van der Waals surface area (Å²) in [7, 11) is 1.76. The van der Waals surface area contributed by atoms with E-state index < -0.39 is 16.4 Å². The van der Waals surface area contributed by atoms with Gasteiger partial charge in [-0.2, -0.15) is 16.2 Å². The molecule has 0 aliphatic rings. The van der Waals surface area contributed by atoms with Crippen LogP contribution in [0.4, 0.5) is 15.8 Å². The van der Waals surface area contributed by atoms with Crippen molar-refractivity contribution in [2.45, 2.75) is 19.4 Å². The van der Waals surface area contributed by atoms with E-state index in [4.69, 9.17) is 0 Å². The molecule has 4 nitrogen and oxygen atoms in total. The van der Waals surface area contributed by atoms with Gasteiger partial charge in [0.1, 0.15) is 5.69 Å². The third-order valence-corrected chi connectivity index (χ3v) is 3.57. The molecule has 0 radical (unpaired) electrons. The van der Waals surface area contributed by atoms with Crippen molar-refractivity contribution in [1.82, 2.24) is 0 Å². The fourth-order valence-corrected chi connectivity index (χ4v) is 2.27. The van der Waals surface area contributed by atoms with Gasteiger partial charge >= 0.3 is 5.69 Å². The van der Waals surface area contributed by atoms with Crippen LogP contribution < -0.4 is 4.90 Å². The molecule has 0 N–H and O–H groups in total. The summed E-state index contributed by atoms with van der Waals surface area (Å²) in [5.74, 6) is 0.177. The molecule has 1 aromatic carbocycles. The Morgan fingerprint density at radius 3 is 2.78 bits per heavy atom. The van der Waals surface area contributed by atoms with E-state index in [1.165, 1.54) is 6.07 Å². The first kappa shape index (κ1) is 14.8. The Morgan fingerprint density at radius 1 is 1.56 bits per heavy atom. The van der Waals surface area contributed by atoms with Crippen molar-refractivity contribution in [1.29, 1.82) is 0 Å². The van der Waals surface area contributed by atoms with Gasteiger partial charge in [0.15, 0.2) is 0 Å². The number of rotatable bonds is 6. The Labute approximate surface area is 110 Å². The molecule has 0 aromatic heterocycles. The first-order chi connectivity index (χ1) is 8.49. The molecule has 0 aliphatic heterocycles. The maximum Gasteiger partial charge on any atom is 0.327 e. The Kier molecular flexibility index (Phi) is 5.40. The van der Waals surface area contributed by atoms with E-state index in [0.29, 0.717) is 5.69 Å². The molecule has 1 atom stereocenters. The van der Waals surface area contributed by atoms with E-state index in [1.54, 1.807) is 29.8 Å². The van der Waals surface area contributed by atoms with Gasteiger partial charge in [-0.1, -0.05) is 6.07 Å². The van der Waals surface area contributed by atoms with Crippen LogP contribution in [0.1, 0.15) is 13.3 Å². The Bertz CT molecular complexity index is 429. The lowest BCUT2D eigenvalue weighted by atomic mass is 10.1. The van der Waals surface area contributed by atoms with Crippen molar-refractivity contribution < 1.29 is 9.31 Å². The van der Waals surface area contributed by atoms with Crippen molar-refractivity contribution in [3.63, 3.8) is 0 Å². The largest absolute Gasteiger partial charge is 0.366 e. The summed E-state index contributed by atoms with van der Waals surface area (Å²) in [4.78, 5) is 12.0. The highest BCUT2D eigenvalue weighted by atomic mass is 32.2. The molecule has 1 rings (SSSR count). The summed E-state index contributed by atoms with van der Waals surface area (Å²) >= 11 is 1.72. The van der Waals surface area contributed by atoms with E-state index in [9.17, 15) is 14.5 Å². The highest BCUT2D eigenvalue weighted by Crippen LogP contribution is 2.31. The monoisotopic (exact) mass is 272 g/mol. The molecule has 0 fully saturated rings. The average Bonchev–Trinajstić information content (AvgIpc) is 2.34. The molecule has 1 aromatic rings. The maximum absolute atomic E-state index is 13.5. The normalized spacial score (nSPS) is 12.2. The lowest BCUT2D eigenvalue weighted by Crippen LogP contribution is -2.30. The van der Waals surface area contributed by atoms with E-state index in [-0.39, 0.29) is 6.04 Å². The number of benzene rings is 1. The van der Waals surface area contributed by atoms with E-state index >= 15 is 0 Å². The molecule has 0 spiro atoms. The second-order valence-electron chi connectivity index (χ2n) is 4.11. The standard InChI is InChI=1S/C12H17FN2O2S/c1-9(7-8-18-3)14(2)11-6-4-5-10(13)12(11)15(16)17/h4-6,9H,7-8H2,1-3H3. The number of para-hydroxylation sites is 1. The zero-order valence-corrected chi connectivity index (χ0v) is 11.5. The molecule has 0 heterocycles. The molecule has 0 saturated carbocycles. The molecule has 100 valence electrons. The minimum absolute atomic E-state index is 0.123. The molecule has 0 aliphatic carbocycles. The molecule has 0 saturated heterocycles. The van der Waals surface area contributed by atoms with Gasteiger partial charge in [-0.3, -0.25) is 10.1 Å². The number of halogens is 1. The number of thioether (sulfide) groups is 1. The quantitative estimate of drug-likeness (QED) is 0.589. The van der Waals surface area contributed by atoms with Gasteiger partial charge < -0.3 is 4.90 Å². The minimum Gasteiger partial charge on any atom is -0.366 e. The second-order valence-corrected chi connectivity index (χ2v) is 5.09. The van der Waals surface area contributed by atoms with Crippen LogP contribution >= 0.6 is 11.8 Å². The van der Waals surface area contributed by atoms with Crippen molar-refractivity contribution in [3.05, 3.63) is 34.1 Å². The average molecular weight is 272 g/mol. The maximum atomic E-state index is 13.5. The van der Waals surface area contributed by atoms with E-state index in [1.807, 2.05) is 13.2 Å². The Balaban J connectivity index is 3.01. The van der Waals surface area contributed by atoms with Crippen molar-refractivity contribution in [2.24, 2.45) is 0 Å². The lowest BCUT2D eigenvalue weighted by molar-refractivity contribution is -0.386. The number of nitro groups is 1. The molecular weight excluding hydrogens is 255 g/mol. The second kappa shape index (κ2) is 6.58. The summed E-state index contributed by atoms with van der Waals surface area (Å²) in [5.41, 5.74) is -0.121. The van der Waals surface area contributed by atoms with Crippen LogP contribution in [0.3, 0.4) is 0 Å². The highest BCUT2D eigenvalue weighted by Gasteiger charge is 2.24. The van der Waals surface area contributed by atoms with Crippen molar-refractivity contribution in [2.75, 3.05) is 24.0 Å². The number of hydrogen-bond donors (Lipinski definition) is 0. The fraction of sp³-hybridized carbons (Fsp3) is 0.500. The predicted molar refractivity (Wildman–Crippen MR) is 73.9 cm³/mol. The van der Waals surface area contributed by atoms with Gasteiger partial charge in [0.25, 0.3) is 0 Å². The number of anilines is 1. The molecule has 1 unspecified atom stereocenters. The first-order valence-corrected chi connectivity index (χ1v) is 7.03. The fourth-order valence-electron chi connectivity index (χ4n) is 1.69. The van der Waals surface area contributed by atoms with E-state index in [0.717, 1.165) is 18.2 Å². The lowest BCUT2D eigenvalue weighted by Gasteiger charge is -2.26. The molecule has 0 bridgehead atoms. The summed E-state index contributed by atoms with van der Waals surface area (Å²) in [6, 6.07) is 4.31. The van der Waals surface area contributed by atoms with Gasteiger partial charge in [-0.25, -0.2) is 0 Å². The van der Waals surface area contributed by atoms with Gasteiger partial charge in [-0.15, -0.1) is 0 Å². The smallest absolute Gasteiger partial charge is 0.327 e. The third kappa shape index (κ3) is 3.35. The predicted octanol–water partition coefficient (Wildman–Crippen LogP) is 3.31. The minimum atomic E-state index is -0.790. The van der Waals surface area contributed by atoms with Gasteiger partial charge in [-0.05, 0) is 37.5 Å². The Morgan fingerprint density at radius 2 is 2.22 bits per heavy atom. The van der Waals surface area contributed by atoms with Crippen LogP contribution in [-0.4, -0.2) is 30.0 Å². The number of nitrogens with zero attached hydrogens (tertiary/aromatic N) is 2. The van der Waals surface area contributed by atoms with Gasteiger partial charge in [0.05, 0.1) is 4.92 Å². The zero-order chi connectivity index (χ0) is 13.7. The molecular formula is C12H17FN2O2S. The van der Waals surface area contributed by atoms with Crippen LogP contribution in [0, 0.1) is 15.9 Å². The van der Waals surface area contributed by atoms with Crippen LogP contribution in [0.2, 0.25) is 0 Å². The summed E-state index contributed by atoms with van der Waals surface area (Å²) in [6.07, 6.45) is 2.91. The highest BCUT2D eigenvalue weighted by molar-refractivity contribution is 7.98. The number of hydrogen-bond acceptors (Lipinski definition) is 4. The molecule has 0 amide bonds. The molecule has 6 heteroatoms.